The number of nitrogens with zero attached hydrogens (tertiary/aromatic N) is 1. The molecule has 0 radical (unpaired) electrons. The van der Waals surface area contributed by atoms with Crippen LogP contribution < -0.4 is 10.1 Å². The van der Waals surface area contributed by atoms with Gasteiger partial charge >= 0.3 is 0 Å². The van der Waals surface area contributed by atoms with Gasteiger partial charge in [0.15, 0.2) is 0 Å². The molecule has 2 aromatic carbocycles. The molecule has 0 unspecified atom stereocenters. The fourth-order valence-corrected chi connectivity index (χ4v) is 2.23. The Kier molecular flexibility index (Phi) is 5.56. The summed E-state index contributed by atoms with van der Waals surface area (Å²) in [6, 6.07) is 20.8. The van der Waals surface area contributed by atoms with Crippen molar-refractivity contribution in [2.24, 2.45) is 0 Å². The van der Waals surface area contributed by atoms with Gasteiger partial charge in [0.1, 0.15) is 12.4 Å². The second kappa shape index (κ2) is 8.45. The topological polar surface area (TPSA) is 51.2 Å². The lowest BCUT2D eigenvalue weighted by Crippen LogP contribution is -2.07. The van der Waals surface area contributed by atoms with Gasteiger partial charge in [-0.25, -0.2) is 0 Å². The van der Waals surface area contributed by atoms with Gasteiger partial charge in [-0.2, -0.15) is 0 Å². The van der Waals surface area contributed by atoms with Crippen molar-refractivity contribution in [2.45, 2.75) is 6.61 Å². The van der Waals surface area contributed by atoms with Gasteiger partial charge in [-0.15, -0.1) is 0 Å². The fourth-order valence-electron chi connectivity index (χ4n) is 2.23. The van der Waals surface area contributed by atoms with Crippen molar-refractivity contribution < 1.29 is 9.53 Å². The van der Waals surface area contributed by atoms with Crippen molar-refractivity contribution in [3.63, 3.8) is 0 Å². The lowest BCUT2D eigenvalue weighted by molar-refractivity contribution is -0.111. The molecule has 0 saturated heterocycles. The van der Waals surface area contributed by atoms with Gasteiger partial charge in [-0.3, -0.25) is 9.78 Å². The van der Waals surface area contributed by atoms with Gasteiger partial charge in [0.05, 0.1) is 0 Å². The molecule has 25 heavy (non-hydrogen) atoms. The van der Waals surface area contributed by atoms with E-state index in [9.17, 15) is 4.79 Å². The molecule has 0 aliphatic carbocycles. The molecule has 0 saturated carbocycles. The van der Waals surface area contributed by atoms with Crippen LogP contribution in [0.3, 0.4) is 0 Å². The summed E-state index contributed by atoms with van der Waals surface area (Å²) in [4.78, 5) is 16.1. The van der Waals surface area contributed by atoms with E-state index in [1.54, 1.807) is 24.5 Å². The summed E-state index contributed by atoms with van der Waals surface area (Å²) in [6.07, 6.45) is 6.78. The molecule has 0 fully saturated rings. The minimum Gasteiger partial charge on any atom is -0.489 e. The first-order chi connectivity index (χ1) is 12.3. The molecular weight excluding hydrogens is 312 g/mol. The highest BCUT2D eigenvalue weighted by Crippen LogP contribution is 2.18. The summed E-state index contributed by atoms with van der Waals surface area (Å²) >= 11 is 0. The van der Waals surface area contributed by atoms with Crippen molar-refractivity contribution in [3.05, 3.63) is 96.3 Å². The highest BCUT2D eigenvalue weighted by molar-refractivity contribution is 6.02. The quantitative estimate of drug-likeness (QED) is 0.685. The van der Waals surface area contributed by atoms with Crippen molar-refractivity contribution in [1.82, 2.24) is 4.98 Å². The van der Waals surface area contributed by atoms with E-state index >= 15 is 0 Å². The molecule has 124 valence electrons. The van der Waals surface area contributed by atoms with Crippen LogP contribution in [0.1, 0.15) is 11.1 Å². The van der Waals surface area contributed by atoms with Crippen LogP contribution in [0.25, 0.3) is 6.08 Å². The Morgan fingerprint density at radius 3 is 2.72 bits per heavy atom. The molecule has 1 aromatic heterocycles. The predicted molar refractivity (Wildman–Crippen MR) is 99.1 cm³/mol. The molecule has 4 nitrogen and oxygen atoms in total. The Hall–Kier alpha value is -3.40. The van der Waals surface area contributed by atoms with Gasteiger partial charge in [0.2, 0.25) is 5.91 Å². The highest BCUT2D eigenvalue weighted by Gasteiger charge is 2.01. The molecule has 0 bridgehead atoms. The average molecular weight is 330 g/mol. The normalized spacial score (nSPS) is 10.6. The first-order valence-corrected chi connectivity index (χ1v) is 7.95. The zero-order valence-electron chi connectivity index (χ0n) is 13.6. The smallest absolute Gasteiger partial charge is 0.248 e. The van der Waals surface area contributed by atoms with E-state index < -0.39 is 0 Å². The standard InChI is InChI=1S/C21H18N2O2/c24-21(12-11-17-6-2-1-3-7-17)23-19-9-4-10-20(14-19)25-16-18-8-5-13-22-15-18/h1-15H,16H2,(H,23,24). The first kappa shape index (κ1) is 16.5. The third kappa shape index (κ3) is 5.32. The third-order valence-corrected chi connectivity index (χ3v) is 3.46. The van der Waals surface area contributed by atoms with Gasteiger partial charge < -0.3 is 10.1 Å². The number of anilines is 1. The minimum atomic E-state index is -0.187. The number of rotatable bonds is 6. The summed E-state index contributed by atoms with van der Waals surface area (Å²) in [5, 5.41) is 2.83. The molecule has 0 aliphatic heterocycles. The van der Waals surface area contributed by atoms with Crippen molar-refractivity contribution in [3.8, 4) is 5.75 Å². The Balaban J connectivity index is 1.57. The van der Waals surface area contributed by atoms with Crippen LogP contribution in [0.15, 0.2) is 85.2 Å². The van der Waals surface area contributed by atoms with Crippen LogP contribution >= 0.6 is 0 Å². The maximum atomic E-state index is 12.0. The first-order valence-electron chi connectivity index (χ1n) is 7.95. The lowest BCUT2D eigenvalue weighted by Gasteiger charge is -2.08. The number of pyridine rings is 1. The summed E-state index contributed by atoms with van der Waals surface area (Å²) in [5.41, 5.74) is 2.65. The fraction of sp³-hybridized carbons (Fsp3) is 0.0476. The van der Waals surface area contributed by atoms with Crippen LogP contribution in [0.2, 0.25) is 0 Å². The maximum absolute atomic E-state index is 12.0. The molecule has 3 rings (SSSR count). The Bertz CT molecular complexity index is 846. The number of aromatic nitrogens is 1. The van der Waals surface area contributed by atoms with E-state index in [0.717, 1.165) is 11.1 Å². The molecule has 3 aromatic rings. The van der Waals surface area contributed by atoms with Gasteiger partial charge in [0.25, 0.3) is 0 Å². The summed E-state index contributed by atoms with van der Waals surface area (Å²) < 4.78 is 5.73. The van der Waals surface area contributed by atoms with Crippen molar-refractivity contribution in [2.75, 3.05) is 5.32 Å². The van der Waals surface area contributed by atoms with Crippen molar-refractivity contribution >= 4 is 17.7 Å². The Morgan fingerprint density at radius 1 is 1.04 bits per heavy atom. The van der Waals surface area contributed by atoms with Gasteiger partial charge in [-0.1, -0.05) is 42.5 Å². The lowest BCUT2D eigenvalue weighted by atomic mass is 10.2. The number of nitrogens with one attached hydrogen (secondary N) is 1. The number of carbonyl (C=O) groups is 1. The molecule has 1 N–H and O–H groups in total. The largest absolute Gasteiger partial charge is 0.489 e. The van der Waals surface area contributed by atoms with E-state index in [2.05, 4.69) is 10.3 Å². The zero-order chi connectivity index (χ0) is 17.3. The van der Waals surface area contributed by atoms with E-state index in [0.29, 0.717) is 18.0 Å². The molecular formula is C21H18N2O2. The van der Waals surface area contributed by atoms with E-state index in [1.165, 1.54) is 6.08 Å². The summed E-state index contributed by atoms with van der Waals surface area (Å²) in [7, 11) is 0. The number of ether oxygens (including phenoxy) is 1. The highest BCUT2D eigenvalue weighted by atomic mass is 16.5. The number of hydrogen-bond donors (Lipinski definition) is 1. The minimum absolute atomic E-state index is 0.187. The molecule has 1 heterocycles. The Labute approximate surface area is 146 Å². The van der Waals surface area contributed by atoms with Crippen LogP contribution in [0.4, 0.5) is 5.69 Å². The number of hydrogen-bond acceptors (Lipinski definition) is 3. The van der Waals surface area contributed by atoms with Crippen LogP contribution in [0, 0.1) is 0 Å². The van der Waals surface area contributed by atoms with Crippen LogP contribution in [-0.4, -0.2) is 10.9 Å². The zero-order valence-corrected chi connectivity index (χ0v) is 13.6. The second-order valence-corrected chi connectivity index (χ2v) is 5.41. The van der Waals surface area contributed by atoms with E-state index in [1.807, 2.05) is 60.7 Å². The molecule has 0 atom stereocenters. The second-order valence-electron chi connectivity index (χ2n) is 5.41. The molecule has 0 aliphatic rings. The Morgan fingerprint density at radius 2 is 1.92 bits per heavy atom. The van der Waals surface area contributed by atoms with Gasteiger partial charge in [0, 0.05) is 35.8 Å². The monoisotopic (exact) mass is 330 g/mol. The molecule has 1 amide bonds. The molecule has 0 spiro atoms. The van der Waals surface area contributed by atoms with Crippen molar-refractivity contribution in [1.29, 1.82) is 0 Å². The van der Waals surface area contributed by atoms with Crippen LogP contribution in [-0.2, 0) is 11.4 Å². The summed E-state index contributed by atoms with van der Waals surface area (Å²) in [6.45, 7) is 0.430. The SMILES string of the molecule is O=C(C=Cc1ccccc1)Nc1cccc(OCc2cccnc2)c1. The average Bonchev–Trinajstić information content (AvgIpc) is 2.67. The summed E-state index contributed by atoms with van der Waals surface area (Å²) in [5.74, 6) is 0.502. The molecule has 4 heteroatoms. The number of benzene rings is 2. The number of carbonyl (C=O) groups excluding carboxylic acids is 1. The van der Waals surface area contributed by atoms with E-state index in [4.69, 9.17) is 4.74 Å². The number of amides is 1. The third-order valence-electron chi connectivity index (χ3n) is 3.46. The van der Waals surface area contributed by atoms with E-state index in [-0.39, 0.29) is 5.91 Å². The predicted octanol–water partition coefficient (Wildman–Crippen LogP) is 4.31. The maximum Gasteiger partial charge on any atom is 0.248 e. The van der Waals surface area contributed by atoms with Gasteiger partial charge in [-0.05, 0) is 29.8 Å². The van der Waals surface area contributed by atoms with Crippen LogP contribution in [0.5, 0.6) is 5.75 Å².